The molecule has 0 aliphatic carbocycles. The predicted molar refractivity (Wildman–Crippen MR) is 83.7 cm³/mol. The van der Waals surface area contributed by atoms with Gasteiger partial charge in [-0.25, -0.2) is 9.37 Å². The number of pyridine rings is 1. The molecular weight excluding hydrogens is 355 g/mol. The molecule has 116 valence electrons. The molecular formula is C15H14BrFN2O3. The molecule has 0 fully saturated rings. The number of amides is 1. The number of hydrogen-bond donors (Lipinski definition) is 1. The van der Waals surface area contributed by atoms with Crippen molar-refractivity contribution in [3.05, 3.63) is 52.4 Å². The van der Waals surface area contributed by atoms with Crippen molar-refractivity contribution in [1.82, 2.24) is 4.98 Å². The standard InChI is InChI=1S/C15H14BrFN2O3/c1-21-6-7-22-14-5-3-11(9-18-14)19-15(20)12-4-2-10(16)8-13(12)17/h2-5,8-9H,6-7H2,1H3,(H,19,20). The number of methoxy groups -OCH3 is 1. The second kappa shape index (κ2) is 7.86. The van der Waals surface area contributed by atoms with Gasteiger partial charge >= 0.3 is 0 Å². The van der Waals surface area contributed by atoms with Crippen LogP contribution in [-0.4, -0.2) is 31.2 Å². The summed E-state index contributed by atoms with van der Waals surface area (Å²) < 4.78 is 24.4. The number of benzene rings is 1. The highest BCUT2D eigenvalue weighted by Gasteiger charge is 2.12. The Morgan fingerprint density at radius 1 is 1.32 bits per heavy atom. The van der Waals surface area contributed by atoms with E-state index in [-0.39, 0.29) is 5.56 Å². The van der Waals surface area contributed by atoms with Crippen molar-refractivity contribution in [2.75, 3.05) is 25.6 Å². The number of nitrogens with zero attached hydrogens (tertiary/aromatic N) is 1. The first-order valence-electron chi connectivity index (χ1n) is 6.44. The minimum atomic E-state index is -0.598. The highest BCUT2D eigenvalue weighted by atomic mass is 79.9. The van der Waals surface area contributed by atoms with Gasteiger partial charge in [0.05, 0.1) is 24.1 Å². The fraction of sp³-hybridized carbons (Fsp3) is 0.200. The molecule has 2 aromatic rings. The van der Waals surface area contributed by atoms with E-state index >= 15 is 0 Å². The predicted octanol–water partition coefficient (Wildman–Crippen LogP) is 3.26. The highest BCUT2D eigenvalue weighted by molar-refractivity contribution is 9.10. The van der Waals surface area contributed by atoms with Gasteiger partial charge in [-0.2, -0.15) is 0 Å². The van der Waals surface area contributed by atoms with Crippen LogP contribution in [0.3, 0.4) is 0 Å². The van der Waals surface area contributed by atoms with Gasteiger partial charge in [-0.15, -0.1) is 0 Å². The van der Waals surface area contributed by atoms with Gasteiger partial charge in [-0.05, 0) is 24.3 Å². The van der Waals surface area contributed by atoms with Crippen LogP contribution < -0.4 is 10.1 Å². The first kappa shape index (κ1) is 16.4. The van der Waals surface area contributed by atoms with E-state index in [0.717, 1.165) is 0 Å². The van der Waals surface area contributed by atoms with Gasteiger partial charge < -0.3 is 14.8 Å². The summed E-state index contributed by atoms with van der Waals surface area (Å²) >= 11 is 3.14. The van der Waals surface area contributed by atoms with E-state index in [1.807, 2.05) is 0 Å². The molecule has 0 unspecified atom stereocenters. The van der Waals surface area contributed by atoms with E-state index in [9.17, 15) is 9.18 Å². The van der Waals surface area contributed by atoms with E-state index < -0.39 is 11.7 Å². The Morgan fingerprint density at radius 2 is 2.14 bits per heavy atom. The summed E-state index contributed by atoms with van der Waals surface area (Å²) in [6.45, 7) is 0.850. The maximum absolute atomic E-state index is 13.7. The van der Waals surface area contributed by atoms with Crippen molar-refractivity contribution in [2.45, 2.75) is 0 Å². The molecule has 5 nitrogen and oxygen atoms in total. The highest BCUT2D eigenvalue weighted by Crippen LogP contribution is 2.17. The lowest BCUT2D eigenvalue weighted by Gasteiger charge is -2.08. The van der Waals surface area contributed by atoms with Gasteiger partial charge in [0.25, 0.3) is 5.91 Å². The molecule has 22 heavy (non-hydrogen) atoms. The average Bonchev–Trinajstić information content (AvgIpc) is 2.49. The van der Waals surface area contributed by atoms with Crippen molar-refractivity contribution in [3.8, 4) is 5.88 Å². The zero-order valence-corrected chi connectivity index (χ0v) is 13.4. The molecule has 1 heterocycles. The van der Waals surface area contributed by atoms with E-state index in [1.165, 1.54) is 18.3 Å². The fourth-order valence-corrected chi connectivity index (χ4v) is 1.97. The third-order valence-corrected chi connectivity index (χ3v) is 3.20. The van der Waals surface area contributed by atoms with E-state index in [4.69, 9.17) is 9.47 Å². The van der Waals surface area contributed by atoms with Crippen LogP contribution in [0, 0.1) is 5.82 Å². The number of aromatic nitrogens is 1. The number of ether oxygens (including phenoxy) is 2. The van der Waals surface area contributed by atoms with Crippen LogP contribution in [0.2, 0.25) is 0 Å². The lowest BCUT2D eigenvalue weighted by molar-refractivity contribution is 0.102. The first-order chi connectivity index (χ1) is 10.6. The monoisotopic (exact) mass is 368 g/mol. The minimum Gasteiger partial charge on any atom is -0.475 e. The Balaban J connectivity index is 1.99. The van der Waals surface area contributed by atoms with Crippen LogP contribution in [0.4, 0.5) is 10.1 Å². The molecule has 7 heteroatoms. The number of anilines is 1. The zero-order valence-electron chi connectivity index (χ0n) is 11.8. The Bertz CT molecular complexity index is 650. The average molecular weight is 369 g/mol. The maximum Gasteiger partial charge on any atom is 0.258 e. The minimum absolute atomic E-state index is 0.0383. The van der Waals surface area contributed by atoms with E-state index in [1.54, 1.807) is 25.3 Å². The molecule has 0 spiro atoms. The van der Waals surface area contributed by atoms with Crippen molar-refractivity contribution in [2.24, 2.45) is 0 Å². The summed E-state index contributed by atoms with van der Waals surface area (Å²) in [6.07, 6.45) is 1.44. The van der Waals surface area contributed by atoms with Crippen LogP contribution in [-0.2, 0) is 4.74 Å². The molecule has 0 aliphatic heterocycles. The summed E-state index contributed by atoms with van der Waals surface area (Å²) in [7, 11) is 1.58. The lowest BCUT2D eigenvalue weighted by Crippen LogP contribution is -2.14. The van der Waals surface area contributed by atoms with Crippen molar-refractivity contribution < 1.29 is 18.7 Å². The smallest absolute Gasteiger partial charge is 0.258 e. The number of rotatable bonds is 6. The normalized spacial score (nSPS) is 10.3. The van der Waals surface area contributed by atoms with Gasteiger partial charge in [0.1, 0.15) is 12.4 Å². The number of hydrogen-bond acceptors (Lipinski definition) is 4. The molecule has 0 bridgehead atoms. The number of carbonyl (C=O) groups excluding carboxylic acids is 1. The number of nitrogens with one attached hydrogen (secondary N) is 1. The van der Waals surface area contributed by atoms with Crippen molar-refractivity contribution >= 4 is 27.5 Å². The van der Waals surface area contributed by atoms with Gasteiger partial charge in [-0.3, -0.25) is 4.79 Å². The quantitative estimate of drug-likeness (QED) is 0.795. The van der Waals surface area contributed by atoms with Crippen LogP contribution >= 0.6 is 15.9 Å². The summed E-state index contributed by atoms with van der Waals surface area (Å²) in [5, 5.41) is 2.58. The van der Waals surface area contributed by atoms with Gasteiger partial charge in [-0.1, -0.05) is 15.9 Å². The third-order valence-electron chi connectivity index (χ3n) is 2.71. The Kier molecular flexibility index (Phi) is 5.85. The molecule has 0 saturated carbocycles. The molecule has 0 radical (unpaired) electrons. The molecule has 1 aromatic heterocycles. The van der Waals surface area contributed by atoms with Gasteiger partial charge in [0, 0.05) is 17.6 Å². The van der Waals surface area contributed by atoms with Crippen LogP contribution in [0.1, 0.15) is 10.4 Å². The molecule has 2 rings (SSSR count). The summed E-state index contributed by atoms with van der Waals surface area (Å²) in [5.41, 5.74) is 0.412. The number of carbonyl (C=O) groups is 1. The third kappa shape index (κ3) is 4.51. The molecule has 0 saturated heterocycles. The lowest BCUT2D eigenvalue weighted by atomic mass is 10.2. The van der Waals surface area contributed by atoms with Crippen molar-refractivity contribution in [1.29, 1.82) is 0 Å². The van der Waals surface area contributed by atoms with Crippen LogP contribution in [0.25, 0.3) is 0 Å². The SMILES string of the molecule is COCCOc1ccc(NC(=O)c2ccc(Br)cc2F)cn1. The summed E-state index contributed by atoms with van der Waals surface area (Å²) in [5.74, 6) is -0.718. The number of halogens is 2. The second-order valence-corrected chi connectivity index (χ2v) is 5.22. The molecule has 1 aromatic carbocycles. The largest absolute Gasteiger partial charge is 0.475 e. The van der Waals surface area contributed by atoms with Crippen LogP contribution in [0.5, 0.6) is 5.88 Å². The molecule has 0 aliphatic rings. The van der Waals surface area contributed by atoms with Crippen molar-refractivity contribution in [3.63, 3.8) is 0 Å². The van der Waals surface area contributed by atoms with E-state index in [2.05, 4.69) is 26.2 Å². The Hall–Kier alpha value is -1.99. The summed E-state index contributed by atoms with van der Waals surface area (Å²) in [4.78, 5) is 16.0. The fourth-order valence-electron chi connectivity index (χ4n) is 1.64. The van der Waals surface area contributed by atoms with E-state index in [0.29, 0.717) is 29.3 Å². The van der Waals surface area contributed by atoms with Gasteiger partial charge in [0.2, 0.25) is 5.88 Å². The zero-order chi connectivity index (χ0) is 15.9. The maximum atomic E-state index is 13.7. The second-order valence-electron chi connectivity index (χ2n) is 4.30. The molecule has 1 N–H and O–H groups in total. The van der Waals surface area contributed by atoms with Crippen LogP contribution in [0.15, 0.2) is 41.0 Å². The Labute approximate surface area is 135 Å². The topological polar surface area (TPSA) is 60.5 Å². The Morgan fingerprint density at radius 3 is 2.77 bits per heavy atom. The van der Waals surface area contributed by atoms with Gasteiger partial charge in [0.15, 0.2) is 0 Å². The molecule has 1 amide bonds. The molecule has 0 atom stereocenters. The summed E-state index contributed by atoms with van der Waals surface area (Å²) in [6, 6.07) is 7.49. The first-order valence-corrected chi connectivity index (χ1v) is 7.23.